The van der Waals surface area contributed by atoms with Crippen LogP contribution in [0.2, 0.25) is 5.02 Å². The number of ether oxygens (including phenoxy) is 1. The number of aryl methyl sites for hydroxylation is 2. The van der Waals surface area contributed by atoms with Crippen LogP contribution < -0.4 is 5.73 Å². The van der Waals surface area contributed by atoms with Gasteiger partial charge in [-0.05, 0) is 32.0 Å². The number of rotatable bonds is 3. The van der Waals surface area contributed by atoms with Crippen LogP contribution in [-0.2, 0) is 11.3 Å². The van der Waals surface area contributed by atoms with E-state index in [1.807, 2.05) is 0 Å². The summed E-state index contributed by atoms with van der Waals surface area (Å²) in [6.07, 6.45) is 0. The number of benzene rings is 1. The molecule has 0 saturated carbocycles. The third kappa shape index (κ3) is 2.88. The van der Waals surface area contributed by atoms with Gasteiger partial charge in [-0.25, -0.2) is 4.79 Å². The predicted octanol–water partition coefficient (Wildman–Crippen LogP) is 2.88. The molecule has 0 atom stereocenters. The molecule has 1 aromatic carbocycles. The maximum Gasteiger partial charge on any atom is 0.338 e. The molecular formula is C13H13ClN2O3. The van der Waals surface area contributed by atoms with Crippen LogP contribution in [0.25, 0.3) is 0 Å². The topological polar surface area (TPSA) is 78.4 Å². The van der Waals surface area contributed by atoms with Crippen LogP contribution in [0, 0.1) is 13.8 Å². The van der Waals surface area contributed by atoms with Gasteiger partial charge in [-0.2, -0.15) is 0 Å². The number of hydrogen-bond donors (Lipinski definition) is 1. The monoisotopic (exact) mass is 280 g/mol. The van der Waals surface area contributed by atoms with Gasteiger partial charge in [0.25, 0.3) is 0 Å². The van der Waals surface area contributed by atoms with Crippen molar-refractivity contribution in [3.05, 3.63) is 45.8 Å². The molecule has 0 saturated heterocycles. The molecule has 100 valence electrons. The first kappa shape index (κ1) is 13.4. The number of nitrogens with two attached hydrogens (primary N) is 1. The lowest BCUT2D eigenvalue weighted by Gasteiger charge is -2.05. The van der Waals surface area contributed by atoms with Crippen molar-refractivity contribution in [2.45, 2.75) is 20.5 Å². The summed E-state index contributed by atoms with van der Waals surface area (Å²) in [6, 6.07) is 4.61. The Kier molecular flexibility index (Phi) is 3.76. The number of esters is 1. The molecule has 0 aliphatic rings. The van der Waals surface area contributed by atoms with Gasteiger partial charge in [-0.15, -0.1) is 0 Å². The first-order valence-corrected chi connectivity index (χ1v) is 6.00. The Balaban J connectivity index is 2.07. The van der Waals surface area contributed by atoms with Crippen LogP contribution in [0.15, 0.2) is 22.7 Å². The van der Waals surface area contributed by atoms with Gasteiger partial charge in [-0.1, -0.05) is 16.8 Å². The molecule has 0 radical (unpaired) electrons. The maximum atomic E-state index is 11.9. The Morgan fingerprint density at radius 2 is 2.21 bits per heavy atom. The summed E-state index contributed by atoms with van der Waals surface area (Å²) in [6.45, 7) is 3.67. The van der Waals surface area contributed by atoms with Crippen molar-refractivity contribution >= 4 is 23.3 Å². The molecule has 6 heteroatoms. The number of nitrogen functional groups attached to an aromatic ring is 1. The fraction of sp³-hybridized carbons (Fsp3) is 0.231. The highest BCUT2D eigenvalue weighted by Gasteiger charge is 2.13. The normalized spacial score (nSPS) is 10.5. The number of aromatic nitrogens is 1. The Labute approximate surface area is 115 Å². The van der Waals surface area contributed by atoms with E-state index in [-0.39, 0.29) is 6.61 Å². The molecule has 0 amide bonds. The summed E-state index contributed by atoms with van der Waals surface area (Å²) in [4.78, 5) is 11.9. The molecule has 5 nitrogen and oxygen atoms in total. The average molecular weight is 281 g/mol. The van der Waals surface area contributed by atoms with Gasteiger partial charge in [-0.3, -0.25) is 0 Å². The van der Waals surface area contributed by atoms with Gasteiger partial charge < -0.3 is 15.0 Å². The van der Waals surface area contributed by atoms with Gasteiger partial charge in [0.15, 0.2) is 0 Å². The largest absolute Gasteiger partial charge is 0.457 e. The van der Waals surface area contributed by atoms with Gasteiger partial charge in [0.05, 0.1) is 27.5 Å². The second kappa shape index (κ2) is 5.32. The molecule has 0 bridgehead atoms. The molecule has 0 fully saturated rings. The van der Waals surface area contributed by atoms with E-state index in [0.717, 1.165) is 5.56 Å². The molecule has 19 heavy (non-hydrogen) atoms. The van der Waals surface area contributed by atoms with Crippen LogP contribution in [0.1, 0.15) is 27.4 Å². The zero-order chi connectivity index (χ0) is 14.0. The van der Waals surface area contributed by atoms with Gasteiger partial charge in [0.2, 0.25) is 0 Å². The van der Waals surface area contributed by atoms with E-state index in [1.165, 1.54) is 6.07 Å². The predicted molar refractivity (Wildman–Crippen MR) is 71.0 cm³/mol. The molecule has 0 unspecified atom stereocenters. The number of halogens is 1. The van der Waals surface area contributed by atoms with Crippen LogP contribution >= 0.6 is 11.6 Å². The Bertz CT molecular complexity index is 603. The minimum atomic E-state index is -0.469. The number of nitrogens with zero attached hydrogens (tertiary/aromatic N) is 1. The molecule has 2 aromatic rings. The fourth-order valence-electron chi connectivity index (χ4n) is 1.60. The van der Waals surface area contributed by atoms with E-state index in [9.17, 15) is 4.79 Å². The number of carbonyl (C=O) groups is 1. The summed E-state index contributed by atoms with van der Waals surface area (Å²) in [7, 11) is 0. The van der Waals surface area contributed by atoms with Gasteiger partial charge in [0, 0.05) is 0 Å². The summed E-state index contributed by atoms with van der Waals surface area (Å²) < 4.78 is 10.2. The second-order valence-corrected chi connectivity index (χ2v) is 4.52. The SMILES string of the molecule is Cc1noc(C)c1COC(=O)c1ccc(Cl)c(N)c1. The third-order valence-electron chi connectivity index (χ3n) is 2.76. The highest BCUT2D eigenvalue weighted by molar-refractivity contribution is 6.33. The van der Waals surface area contributed by atoms with Crippen LogP contribution in [0.5, 0.6) is 0 Å². The first-order valence-electron chi connectivity index (χ1n) is 5.63. The zero-order valence-corrected chi connectivity index (χ0v) is 11.3. The average Bonchev–Trinajstić information content (AvgIpc) is 2.69. The quantitative estimate of drug-likeness (QED) is 0.691. The lowest BCUT2D eigenvalue weighted by atomic mass is 10.2. The molecule has 2 N–H and O–H groups in total. The molecule has 0 aliphatic heterocycles. The highest BCUT2D eigenvalue weighted by Crippen LogP contribution is 2.20. The van der Waals surface area contributed by atoms with E-state index in [4.69, 9.17) is 26.6 Å². The lowest BCUT2D eigenvalue weighted by molar-refractivity contribution is 0.0471. The van der Waals surface area contributed by atoms with E-state index >= 15 is 0 Å². The Hall–Kier alpha value is -2.01. The smallest absolute Gasteiger partial charge is 0.338 e. The number of anilines is 1. The number of hydrogen-bond acceptors (Lipinski definition) is 5. The van der Waals surface area contributed by atoms with Crippen molar-refractivity contribution in [2.75, 3.05) is 5.73 Å². The standard InChI is InChI=1S/C13H13ClN2O3/c1-7-10(8(2)19-16-7)6-18-13(17)9-3-4-11(14)12(15)5-9/h3-5H,6,15H2,1-2H3. The molecule has 1 heterocycles. The lowest BCUT2D eigenvalue weighted by Crippen LogP contribution is -2.06. The highest BCUT2D eigenvalue weighted by atomic mass is 35.5. The maximum absolute atomic E-state index is 11.9. The second-order valence-electron chi connectivity index (χ2n) is 4.12. The van der Waals surface area contributed by atoms with Crippen molar-refractivity contribution in [3.8, 4) is 0 Å². The molecular weight excluding hydrogens is 268 g/mol. The molecule has 0 spiro atoms. The van der Waals surface area contributed by atoms with Gasteiger partial charge in [0.1, 0.15) is 12.4 Å². The number of carbonyl (C=O) groups excluding carboxylic acids is 1. The molecule has 1 aromatic heterocycles. The van der Waals surface area contributed by atoms with Crippen LogP contribution in [-0.4, -0.2) is 11.1 Å². The zero-order valence-electron chi connectivity index (χ0n) is 10.6. The summed E-state index contributed by atoms with van der Waals surface area (Å²) in [5.74, 6) is 0.171. The van der Waals surface area contributed by atoms with E-state index in [1.54, 1.807) is 26.0 Å². The van der Waals surface area contributed by atoms with E-state index in [2.05, 4.69) is 5.16 Å². The van der Waals surface area contributed by atoms with Crippen molar-refractivity contribution in [2.24, 2.45) is 0 Å². The minimum absolute atomic E-state index is 0.114. The van der Waals surface area contributed by atoms with Gasteiger partial charge >= 0.3 is 5.97 Å². The van der Waals surface area contributed by atoms with Crippen molar-refractivity contribution in [1.82, 2.24) is 5.16 Å². The third-order valence-corrected chi connectivity index (χ3v) is 3.10. The van der Waals surface area contributed by atoms with E-state index in [0.29, 0.717) is 27.7 Å². The van der Waals surface area contributed by atoms with Crippen LogP contribution in [0.4, 0.5) is 5.69 Å². The van der Waals surface area contributed by atoms with Crippen molar-refractivity contribution in [1.29, 1.82) is 0 Å². The van der Waals surface area contributed by atoms with Crippen LogP contribution in [0.3, 0.4) is 0 Å². The Morgan fingerprint density at radius 1 is 1.47 bits per heavy atom. The molecule has 2 rings (SSSR count). The van der Waals surface area contributed by atoms with E-state index < -0.39 is 5.97 Å². The summed E-state index contributed by atoms with van der Waals surface area (Å²) >= 11 is 5.79. The Morgan fingerprint density at radius 3 is 2.79 bits per heavy atom. The fourth-order valence-corrected chi connectivity index (χ4v) is 1.72. The summed E-state index contributed by atoms with van der Waals surface area (Å²) in [5, 5.41) is 4.19. The van der Waals surface area contributed by atoms with Crippen molar-refractivity contribution in [3.63, 3.8) is 0 Å². The molecule has 0 aliphatic carbocycles. The minimum Gasteiger partial charge on any atom is -0.457 e. The van der Waals surface area contributed by atoms with Crippen molar-refractivity contribution < 1.29 is 14.1 Å². The summed E-state index contributed by atoms with van der Waals surface area (Å²) in [5.41, 5.74) is 7.81. The first-order chi connectivity index (χ1) is 8.99.